The lowest BCUT2D eigenvalue weighted by atomic mass is 10.2. The van der Waals surface area contributed by atoms with E-state index in [1.165, 1.54) is 0 Å². The number of benzene rings is 2. The van der Waals surface area contributed by atoms with Crippen molar-refractivity contribution in [1.82, 2.24) is 0 Å². The van der Waals surface area contributed by atoms with Gasteiger partial charge < -0.3 is 14.8 Å². The molecule has 0 radical (unpaired) electrons. The summed E-state index contributed by atoms with van der Waals surface area (Å²) >= 11 is 1.69. The van der Waals surface area contributed by atoms with Crippen LogP contribution in [0.25, 0.3) is 0 Å². The van der Waals surface area contributed by atoms with Crippen molar-refractivity contribution >= 4 is 23.4 Å². The predicted octanol–water partition coefficient (Wildman–Crippen LogP) is 5.00. The van der Waals surface area contributed by atoms with Gasteiger partial charge in [-0.25, -0.2) is 0 Å². The van der Waals surface area contributed by atoms with E-state index < -0.39 is 0 Å². The van der Waals surface area contributed by atoms with E-state index >= 15 is 0 Å². The molecule has 1 amide bonds. The maximum absolute atomic E-state index is 12.7. The number of carbonyl (C=O) groups is 1. The summed E-state index contributed by atoms with van der Waals surface area (Å²) in [4.78, 5) is 13.7. The number of hydrogen-bond donors (Lipinski definition) is 1. The molecule has 2 aromatic rings. The van der Waals surface area contributed by atoms with Crippen molar-refractivity contribution in [2.24, 2.45) is 0 Å². The second kappa shape index (κ2) is 9.10. The van der Waals surface area contributed by atoms with Crippen molar-refractivity contribution in [2.45, 2.75) is 42.9 Å². The topological polar surface area (TPSA) is 47.6 Å². The highest BCUT2D eigenvalue weighted by Crippen LogP contribution is 2.27. The van der Waals surface area contributed by atoms with E-state index in [2.05, 4.69) is 19.2 Å². The summed E-state index contributed by atoms with van der Waals surface area (Å²) in [5.74, 6) is 0.633. The highest BCUT2D eigenvalue weighted by molar-refractivity contribution is 8.00. The second-order valence-corrected chi connectivity index (χ2v) is 8.21. The minimum Gasteiger partial charge on any atom is -0.491 e. The molecule has 1 N–H and O–H groups in total. The molecule has 1 unspecified atom stereocenters. The van der Waals surface area contributed by atoms with Crippen LogP contribution in [-0.2, 0) is 4.74 Å². The number of nitrogens with one attached hydrogen (secondary N) is 1. The number of anilines is 1. The van der Waals surface area contributed by atoms with Gasteiger partial charge >= 0.3 is 0 Å². The molecule has 1 aliphatic rings. The van der Waals surface area contributed by atoms with Crippen LogP contribution in [0.3, 0.4) is 0 Å². The molecular formula is C21H25NO3S. The third-order valence-corrected chi connectivity index (χ3v) is 5.13. The Morgan fingerprint density at radius 3 is 2.88 bits per heavy atom. The first-order valence-electron chi connectivity index (χ1n) is 9.03. The summed E-state index contributed by atoms with van der Waals surface area (Å²) in [5, 5.41) is 3.39. The lowest BCUT2D eigenvalue weighted by Crippen LogP contribution is -2.16. The van der Waals surface area contributed by atoms with Crippen LogP contribution in [0.1, 0.15) is 37.0 Å². The first-order valence-corrected chi connectivity index (χ1v) is 9.91. The molecule has 138 valence electrons. The van der Waals surface area contributed by atoms with Gasteiger partial charge in [-0.3, -0.25) is 4.79 Å². The van der Waals surface area contributed by atoms with E-state index in [4.69, 9.17) is 9.47 Å². The number of ether oxygens (including phenoxy) is 2. The summed E-state index contributed by atoms with van der Waals surface area (Å²) in [6, 6.07) is 15.2. The zero-order chi connectivity index (χ0) is 18.4. The Bertz CT molecular complexity index is 742. The Labute approximate surface area is 159 Å². The normalized spacial score (nSPS) is 16.7. The molecule has 1 saturated heterocycles. The average molecular weight is 372 g/mol. The Balaban J connectivity index is 1.65. The summed E-state index contributed by atoms with van der Waals surface area (Å²) in [7, 11) is 0. The SMILES string of the molecule is CC(C)Sc1ccccc1C(=O)Nc1cccc(OCC2CCCO2)c1. The number of amides is 1. The zero-order valence-electron chi connectivity index (χ0n) is 15.2. The molecule has 1 fully saturated rings. The van der Waals surface area contributed by atoms with Crippen molar-refractivity contribution < 1.29 is 14.3 Å². The van der Waals surface area contributed by atoms with Crippen molar-refractivity contribution in [3.63, 3.8) is 0 Å². The molecular weight excluding hydrogens is 346 g/mol. The van der Waals surface area contributed by atoms with Gasteiger partial charge in [-0.05, 0) is 37.1 Å². The van der Waals surface area contributed by atoms with Gasteiger partial charge in [0.15, 0.2) is 0 Å². The first-order chi connectivity index (χ1) is 12.6. The predicted molar refractivity (Wildman–Crippen MR) is 106 cm³/mol. The van der Waals surface area contributed by atoms with Crippen molar-refractivity contribution in [3.8, 4) is 5.75 Å². The molecule has 0 bridgehead atoms. The molecule has 1 heterocycles. The maximum Gasteiger partial charge on any atom is 0.256 e. The van der Waals surface area contributed by atoms with Gasteiger partial charge in [-0.15, -0.1) is 11.8 Å². The van der Waals surface area contributed by atoms with Crippen molar-refractivity contribution in [3.05, 3.63) is 54.1 Å². The van der Waals surface area contributed by atoms with E-state index in [0.29, 0.717) is 17.4 Å². The van der Waals surface area contributed by atoms with Crippen molar-refractivity contribution in [2.75, 3.05) is 18.5 Å². The Morgan fingerprint density at radius 2 is 2.12 bits per heavy atom. The summed E-state index contributed by atoms with van der Waals surface area (Å²) < 4.78 is 11.4. The first kappa shape index (κ1) is 18.8. The van der Waals surface area contributed by atoms with Crippen LogP contribution in [0.2, 0.25) is 0 Å². The van der Waals surface area contributed by atoms with Crippen LogP contribution in [0, 0.1) is 0 Å². The Kier molecular flexibility index (Phi) is 6.58. The lowest BCUT2D eigenvalue weighted by Gasteiger charge is -2.14. The van der Waals surface area contributed by atoms with E-state index in [1.807, 2.05) is 48.5 Å². The van der Waals surface area contributed by atoms with Gasteiger partial charge in [-0.1, -0.05) is 32.0 Å². The van der Waals surface area contributed by atoms with Gasteiger partial charge in [0.05, 0.1) is 11.7 Å². The molecule has 3 rings (SSSR count). The van der Waals surface area contributed by atoms with Gasteiger partial charge in [0.1, 0.15) is 12.4 Å². The molecule has 2 aromatic carbocycles. The number of carbonyl (C=O) groups excluding carboxylic acids is 1. The molecule has 5 heteroatoms. The quantitative estimate of drug-likeness (QED) is 0.696. The van der Waals surface area contributed by atoms with Crippen LogP contribution in [0.4, 0.5) is 5.69 Å². The van der Waals surface area contributed by atoms with E-state index in [0.717, 1.165) is 35.8 Å². The lowest BCUT2D eigenvalue weighted by molar-refractivity contribution is 0.0680. The fraction of sp³-hybridized carbons (Fsp3) is 0.381. The zero-order valence-corrected chi connectivity index (χ0v) is 16.1. The molecule has 1 atom stereocenters. The summed E-state index contributed by atoms with van der Waals surface area (Å²) in [6.07, 6.45) is 2.31. The van der Waals surface area contributed by atoms with Gasteiger partial charge in [-0.2, -0.15) is 0 Å². The van der Waals surface area contributed by atoms with Crippen LogP contribution in [0.15, 0.2) is 53.4 Å². The van der Waals surface area contributed by atoms with Gasteiger partial charge in [0.25, 0.3) is 5.91 Å². The molecule has 0 aliphatic carbocycles. The van der Waals surface area contributed by atoms with E-state index in [9.17, 15) is 4.79 Å². The summed E-state index contributed by atoms with van der Waals surface area (Å²) in [5.41, 5.74) is 1.42. The third-order valence-electron chi connectivity index (χ3n) is 4.05. The van der Waals surface area contributed by atoms with Crippen LogP contribution in [0.5, 0.6) is 5.75 Å². The largest absolute Gasteiger partial charge is 0.491 e. The van der Waals surface area contributed by atoms with E-state index in [-0.39, 0.29) is 12.0 Å². The molecule has 1 aliphatic heterocycles. The minimum atomic E-state index is -0.106. The molecule has 0 aromatic heterocycles. The smallest absolute Gasteiger partial charge is 0.256 e. The molecule has 4 nitrogen and oxygen atoms in total. The van der Waals surface area contributed by atoms with E-state index in [1.54, 1.807) is 11.8 Å². The second-order valence-electron chi connectivity index (χ2n) is 6.59. The van der Waals surface area contributed by atoms with Crippen LogP contribution >= 0.6 is 11.8 Å². The standard InChI is InChI=1S/C21H25NO3S/c1-15(2)26-20-11-4-3-10-19(20)21(23)22-16-7-5-8-17(13-16)25-14-18-9-6-12-24-18/h3-5,7-8,10-11,13,15,18H,6,9,12,14H2,1-2H3,(H,22,23). The molecule has 0 saturated carbocycles. The summed E-state index contributed by atoms with van der Waals surface area (Å²) in [6.45, 7) is 5.60. The van der Waals surface area contributed by atoms with Gasteiger partial charge in [0.2, 0.25) is 0 Å². The minimum absolute atomic E-state index is 0.106. The number of hydrogen-bond acceptors (Lipinski definition) is 4. The fourth-order valence-electron chi connectivity index (χ4n) is 2.84. The maximum atomic E-state index is 12.7. The van der Waals surface area contributed by atoms with Crippen LogP contribution in [-0.4, -0.2) is 30.5 Å². The van der Waals surface area contributed by atoms with Gasteiger partial charge in [0, 0.05) is 28.5 Å². The Morgan fingerprint density at radius 1 is 1.27 bits per heavy atom. The highest BCUT2D eigenvalue weighted by Gasteiger charge is 2.16. The monoisotopic (exact) mass is 371 g/mol. The Hall–Kier alpha value is -1.98. The molecule has 26 heavy (non-hydrogen) atoms. The van der Waals surface area contributed by atoms with Crippen LogP contribution < -0.4 is 10.1 Å². The fourth-order valence-corrected chi connectivity index (χ4v) is 3.79. The average Bonchev–Trinajstić information content (AvgIpc) is 3.14. The number of thioether (sulfide) groups is 1. The third kappa shape index (κ3) is 5.26. The molecule has 0 spiro atoms. The number of rotatable bonds is 7. The van der Waals surface area contributed by atoms with Crippen molar-refractivity contribution in [1.29, 1.82) is 0 Å². The highest BCUT2D eigenvalue weighted by atomic mass is 32.2.